The van der Waals surface area contributed by atoms with E-state index in [2.05, 4.69) is 6.07 Å². The number of rotatable bonds is 4. The van der Waals surface area contributed by atoms with E-state index in [1.165, 1.54) is 4.90 Å². The zero-order valence-corrected chi connectivity index (χ0v) is 12.5. The minimum absolute atomic E-state index is 0.0680. The molecule has 1 aromatic carbocycles. The van der Waals surface area contributed by atoms with Crippen LogP contribution in [0.25, 0.3) is 0 Å². The van der Waals surface area contributed by atoms with E-state index in [-0.39, 0.29) is 18.0 Å². The van der Waals surface area contributed by atoms with Crippen molar-refractivity contribution in [3.8, 4) is 5.75 Å². The molecule has 1 aromatic rings. The summed E-state index contributed by atoms with van der Waals surface area (Å²) in [4.78, 5) is 27.3. The number of nitrogens with zero attached hydrogens (tertiary/aromatic N) is 2. The molecule has 5 nitrogen and oxygen atoms in total. The first-order valence-electron chi connectivity index (χ1n) is 7.39. The summed E-state index contributed by atoms with van der Waals surface area (Å²) in [5.41, 5.74) is 2.28. The number of carbonyl (C=O) groups is 2. The van der Waals surface area contributed by atoms with Gasteiger partial charge < -0.3 is 9.64 Å². The van der Waals surface area contributed by atoms with Crippen molar-refractivity contribution in [2.24, 2.45) is 0 Å². The number of imide groups is 1. The lowest BCUT2D eigenvalue weighted by Gasteiger charge is -2.16. The van der Waals surface area contributed by atoms with Gasteiger partial charge in [-0.15, -0.1) is 0 Å². The second-order valence-corrected chi connectivity index (χ2v) is 5.80. The Balaban J connectivity index is 1.58. The highest BCUT2D eigenvalue weighted by molar-refractivity contribution is 6.04. The van der Waals surface area contributed by atoms with E-state index in [0.29, 0.717) is 19.7 Å². The van der Waals surface area contributed by atoms with Crippen molar-refractivity contribution in [1.82, 2.24) is 9.80 Å². The standard InChI is InChI=1S/C16H20N2O3/c1-11-8-12(2)10-13(9-11)21-7-6-18-15(19)14-4-3-5-17(14)16(18)20/h8-10,14H,3-7H2,1-2H3/t14-/m0/s1. The van der Waals surface area contributed by atoms with Crippen LogP contribution >= 0.6 is 0 Å². The molecule has 2 fully saturated rings. The number of benzene rings is 1. The molecule has 1 atom stereocenters. The normalized spacial score (nSPS) is 21.1. The summed E-state index contributed by atoms with van der Waals surface area (Å²) in [5.74, 6) is 0.716. The summed E-state index contributed by atoms with van der Waals surface area (Å²) in [6.45, 7) is 5.38. The van der Waals surface area contributed by atoms with Crippen LogP contribution in [0, 0.1) is 13.8 Å². The van der Waals surface area contributed by atoms with Gasteiger partial charge in [-0.2, -0.15) is 0 Å². The third-order valence-electron chi connectivity index (χ3n) is 4.06. The Morgan fingerprint density at radius 3 is 2.57 bits per heavy atom. The van der Waals surface area contributed by atoms with Gasteiger partial charge in [-0.1, -0.05) is 6.07 Å². The molecule has 5 heteroatoms. The molecule has 0 bridgehead atoms. The lowest BCUT2D eigenvalue weighted by atomic mass is 10.1. The zero-order valence-electron chi connectivity index (χ0n) is 12.5. The summed E-state index contributed by atoms with van der Waals surface area (Å²) in [5, 5.41) is 0. The number of amides is 3. The predicted octanol–water partition coefficient (Wildman–Crippen LogP) is 2.11. The van der Waals surface area contributed by atoms with Crippen molar-refractivity contribution in [1.29, 1.82) is 0 Å². The molecule has 2 saturated heterocycles. The van der Waals surface area contributed by atoms with Gasteiger partial charge in [0.25, 0.3) is 5.91 Å². The molecule has 0 N–H and O–H groups in total. The highest BCUT2D eigenvalue weighted by Gasteiger charge is 2.46. The summed E-state index contributed by atoms with van der Waals surface area (Å²) in [6, 6.07) is 5.61. The third kappa shape index (κ3) is 2.60. The topological polar surface area (TPSA) is 49.9 Å². The van der Waals surface area contributed by atoms with Crippen LogP contribution in [0.1, 0.15) is 24.0 Å². The number of carbonyl (C=O) groups excluding carboxylic acids is 2. The Bertz CT molecular complexity index is 543. The van der Waals surface area contributed by atoms with Gasteiger partial charge in [0, 0.05) is 6.54 Å². The Labute approximate surface area is 124 Å². The molecule has 0 spiro atoms. The number of ether oxygens (including phenoxy) is 1. The molecular formula is C16H20N2O3. The van der Waals surface area contributed by atoms with Crippen molar-refractivity contribution < 1.29 is 14.3 Å². The van der Waals surface area contributed by atoms with Crippen LogP contribution in [0.5, 0.6) is 5.75 Å². The van der Waals surface area contributed by atoms with E-state index in [0.717, 1.165) is 29.7 Å². The number of aryl methyl sites for hydroxylation is 2. The first-order valence-corrected chi connectivity index (χ1v) is 7.39. The Kier molecular flexibility index (Phi) is 3.57. The lowest BCUT2D eigenvalue weighted by Crippen LogP contribution is -2.36. The van der Waals surface area contributed by atoms with Gasteiger partial charge >= 0.3 is 6.03 Å². The maximum Gasteiger partial charge on any atom is 0.327 e. The molecule has 112 valence electrons. The van der Waals surface area contributed by atoms with Gasteiger partial charge in [0.05, 0.1) is 6.54 Å². The Morgan fingerprint density at radius 1 is 1.19 bits per heavy atom. The van der Waals surface area contributed by atoms with Crippen LogP contribution in [-0.2, 0) is 4.79 Å². The maximum absolute atomic E-state index is 12.2. The average Bonchev–Trinajstić information content (AvgIpc) is 2.97. The highest BCUT2D eigenvalue weighted by Crippen LogP contribution is 2.27. The molecular weight excluding hydrogens is 268 g/mol. The van der Waals surface area contributed by atoms with Crippen molar-refractivity contribution in [2.45, 2.75) is 32.7 Å². The van der Waals surface area contributed by atoms with Crippen LogP contribution in [0.3, 0.4) is 0 Å². The molecule has 2 aliphatic rings. The minimum atomic E-state index is -0.223. The van der Waals surface area contributed by atoms with Gasteiger partial charge in [-0.25, -0.2) is 4.79 Å². The molecule has 0 aliphatic carbocycles. The minimum Gasteiger partial charge on any atom is -0.492 e. The number of hydrogen-bond acceptors (Lipinski definition) is 3. The van der Waals surface area contributed by atoms with Crippen LogP contribution in [0.15, 0.2) is 18.2 Å². The molecule has 0 radical (unpaired) electrons. The van der Waals surface area contributed by atoms with Crippen molar-refractivity contribution >= 4 is 11.9 Å². The first-order chi connectivity index (χ1) is 10.1. The van der Waals surface area contributed by atoms with Gasteiger partial charge in [-0.3, -0.25) is 9.69 Å². The van der Waals surface area contributed by atoms with Crippen molar-refractivity contribution in [3.63, 3.8) is 0 Å². The summed E-state index contributed by atoms with van der Waals surface area (Å²) in [7, 11) is 0. The fraction of sp³-hybridized carbons (Fsp3) is 0.500. The van der Waals surface area contributed by atoms with Crippen molar-refractivity contribution in [2.75, 3.05) is 19.7 Å². The predicted molar refractivity (Wildman–Crippen MR) is 78.2 cm³/mol. The average molecular weight is 288 g/mol. The third-order valence-corrected chi connectivity index (χ3v) is 4.06. The highest BCUT2D eigenvalue weighted by atomic mass is 16.5. The van der Waals surface area contributed by atoms with Crippen LogP contribution in [0.2, 0.25) is 0 Å². The van der Waals surface area contributed by atoms with Crippen LogP contribution in [-0.4, -0.2) is 47.5 Å². The van der Waals surface area contributed by atoms with Crippen LogP contribution in [0.4, 0.5) is 4.79 Å². The molecule has 21 heavy (non-hydrogen) atoms. The molecule has 0 aromatic heterocycles. The molecule has 2 aliphatic heterocycles. The van der Waals surface area contributed by atoms with Crippen LogP contribution < -0.4 is 4.74 Å². The Hall–Kier alpha value is -2.04. The van der Waals surface area contributed by atoms with E-state index >= 15 is 0 Å². The fourth-order valence-electron chi connectivity index (χ4n) is 3.16. The fourth-order valence-corrected chi connectivity index (χ4v) is 3.16. The van der Waals surface area contributed by atoms with E-state index in [4.69, 9.17) is 4.74 Å². The van der Waals surface area contributed by atoms with Gasteiger partial charge in [0.2, 0.25) is 0 Å². The van der Waals surface area contributed by atoms with E-state index < -0.39 is 0 Å². The van der Waals surface area contributed by atoms with E-state index in [9.17, 15) is 9.59 Å². The number of urea groups is 1. The van der Waals surface area contributed by atoms with E-state index in [1.54, 1.807) is 4.90 Å². The molecule has 3 amide bonds. The second kappa shape index (κ2) is 5.39. The molecule has 2 heterocycles. The number of hydrogen-bond donors (Lipinski definition) is 0. The monoisotopic (exact) mass is 288 g/mol. The van der Waals surface area contributed by atoms with Gasteiger partial charge in [-0.05, 0) is 49.9 Å². The van der Waals surface area contributed by atoms with Gasteiger partial charge in [0.1, 0.15) is 18.4 Å². The second-order valence-electron chi connectivity index (χ2n) is 5.80. The quantitative estimate of drug-likeness (QED) is 0.797. The van der Waals surface area contributed by atoms with Gasteiger partial charge in [0.15, 0.2) is 0 Å². The summed E-state index contributed by atoms with van der Waals surface area (Å²) < 4.78 is 5.68. The van der Waals surface area contributed by atoms with Crippen molar-refractivity contribution in [3.05, 3.63) is 29.3 Å². The Morgan fingerprint density at radius 2 is 1.90 bits per heavy atom. The maximum atomic E-state index is 12.2. The summed E-state index contributed by atoms with van der Waals surface area (Å²) >= 11 is 0. The molecule has 0 unspecified atom stereocenters. The lowest BCUT2D eigenvalue weighted by molar-refractivity contribution is -0.128. The zero-order chi connectivity index (χ0) is 15.0. The first kappa shape index (κ1) is 13.9. The molecule has 0 saturated carbocycles. The van der Waals surface area contributed by atoms with E-state index in [1.807, 2.05) is 26.0 Å². The summed E-state index contributed by atoms with van der Waals surface area (Å²) in [6.07, 6.45) is 1.72. The smallest absolute Gasteiger partial charge is 0.327 e. The largest absolute Gasteiger partial charge is 0.492 e. The SMILES string of the molecule is Cc1cc(C)cc(OCCN2C(=O)[C@@H]3CCCN3C2=O)c1. The molecule has 3 rings (SSSR count). The number of fused-ring (bicyclic) bond motifs is 1.